The van der Waals surface area contributed by atoms with E-state index < -0.39 is 0 Å². The van der Waals surface area contributed by atoms with Gasteiger partial charge in [0, 0.05) is 18.2 Å². The van der Waals surface area contributed by atoms with Crippen LogP contribution in [0.25, 0.3) is 16.9 Å². The molecule has 7 nitrogen and oxygen atoms in total. The van der Waals surface area contributed by atoms with Crippen LogP contribution in [0.5, 0.6) is 5.75 Å². The summed E-state index contributed by atoms with van der Waals surface area (Å²) in [5, 5.41) is 8.15. The maximum atomic E-state index is 13.4. The van der Waals surface area contributed by atoms with Crippen molar-refractivity contribution in [2.24, 2.45) is 5.92 Å². The average Bonchev–Trinajstić information content (AvgIpc) is 3.31. The van der Waals surface area contributed by atoms with E-state index in [1.165, 1.54) is 12.0 Å². The molecule has 4 aromatic rings. The topological polar surface area (TPSA) is 76.5 Å². The number of carbonyl (C=O) groups excluding carboxylic acids is 2. The van der Waals surface area contributed by atoms with Crippen molar-refractivity contribution >= 4 is 29.2 Å². The largest absolute Gasteiger partial charge is 0.496 e. The fraction of sp³-hybridized carbons (Fsp3) is 0.207. The van der Waals surface area contributed by atoms with Gasteiger partial charge in [-0.15, -0.1) is 0 Å². The molecule has 0 bridgehead atoms. The first kappa shape index (κ1) is 26.0. The van der Waals surface area contributed by atoms with Crippen molar-refractivity contribution in [1.82, 2.24) is 14.7 Å². The Morgan fingerprint density at radius 1 is 1.00 bits per heavy atom. The molecule has 0 spiro atoms. The molecule has 0 saturated carbocycles. The third kappa shape index (κ3) is 6.19. The number of aromatic nitrogens is 2. The minimum Gasteiger partial charge on any atom is -0.496 e. The van der Waals surface area contributed by atoms with Gasteiger partial charge in [0.2, 0.25) is 5.91 Å². The maximum Gasteiger partial charge on any atom is 0.258 e. The third-order valence-electron chi connectivity index (χ3n) is 5.67. The van der Waals surface area contributed by atoms with E-state index in [-0.39, 0.29) is 24.3 Å². The molecule has 1 aromatic heterocycles. The highest BCUT2D eigenvalue weighted by atomic mass is 35.5. The second-order valence-electron chi connectivity index (χ2n) is 8.97. The number of nitrogens with one attached hydrogen (secondary N) is 1. The van der Waals surface area contributed by atoms with E-state index in [0.29, 0.717) is 40.1 Å². The third-order valence-corrected chi connectivity index (χ3v) is 5.99. The fourth-order valence-electron chi connectivity index (χ4n) is 4.03. The Kier molecular flexibility index (Phi) is 8.25. The number of nitrogens with zero attached hydrogens (tertiary/aromatic N) is 3. The molecule has 0 aliphatic rings. The molecule has 0 saturated heterocycles. The summed E-state index contributed by atoms with van der Waals surface area (Å²) in [6.07, 6.45) is 0. The molecule has 0 atom stereocenters. The van der Waals surface area contributed by atoms with Crippen LogP contribution in [0.1, 0.15) is 24.2 Å². The van der Waals surface area contributed by atoms with Gasteiger partial charge in [-0.25, -0.2) is 4.68 Å². The number of amides is 2. The lowest BCUT2D eigenvalue weighted by molar-refractivity contribution is -0.117. The van der Waals surface area contributed by atoms with Crippen LogP contribution in [-0.4, -0.2) is 46.7 Å². The smallest absolute Gasteiger partial charge is 0.258 e. The van der Waals surface area contributed by atoms with Crippen LogP contribution in [0.2, 0.25) is 5.02 Å². The molecule has 37 heavy (non-hydrogen) atoms. The van der Waals surface area contributed by atoms with Gasteiger partial charge in [0.05, 0.1) is 29.1 Å². The lowest BCUT2D eigenvalue weighted by atomic mass is 10.1. The van der Waals surface area contributed by atoms with Crippen molar-refractivity contribution in [3.8, 4) is 22.7 Å². The van der Waals surface area contributed by atoms with Crippen LogP contribution in [0.4, 0.5) is 5.82 Å². The predicted octanol–water partition coefficient (Wildman–Crippen LogP) is 5.94. The Balaban J connectivity index is 1.64. The molecular weight excluding hydrogens is 488 g/mol. The molecule has 4 rings (SSSR count). The summed E-state index contributed by atoms with van der Waals surface area (Å²) in [5.41, 5.74) is 2.62. The van der Waals surface area contributed by atoms with Crippen molar-refractivity contribution < 1.29 is 14.3 Å². The van der Waals surface area contributed by atoms with Crippen molar-refractivity contribution in [3.63, 3.8) is 0 Å². The van der Waals surface area contributed by atoms with Gasteiger partial charge in [-0.2, -0.15) is 5.10 Å². The molecule has 0 aliphatic carbocycles. The highest BCUT2D eigenvalue weighted by Crippen LogP contribution is 2.28. The summed E-state index contributed by atoms with van der Waals surface area (Å²) >= 11 is 6.46. The van der Waals surface area contributed by atoms with Crippen LogP contribution >= 0.6 is 11.6 Å². The first-order valence-corrected chi connectivity index (χ1v) is 12.4. The lowest BCUT2D eigenvalue weighted by Crippen LogP contribution is -2.40. The van der Waals surface area contributed by atoms with E-state index >= 15 is 0 Å². The Morgan fingerprint density at radius 3 is 2.38 bits per heavy atom. The molecule has 0 radical (unpaired) electrons. The first-order chi connectivity index (χ1) is 17.9. The molecular formula is C29H29ClN4O3. The summed E-state index contributed by atoms with van der Waals surface area (Å²) < 4.78 is 6.98. The first-order valence-electron chi connectivity index (χ1n) is 12.0. The van der Waals surface area contributed by atoms with Crippen molar-refractivity contribution in [2.45, 2.75) is 13.8 Å². The quantitative estimate of drug-likeness (QED) is 0.299. The Bertz CT molecular complexity index is 1380. The molecule has 2 amide bonds. The Hall–Kier alpha value is -4.10. The lowest BCUT2D eigenvalue weighted by Gasteiger charge is -2.25. The number of carbonyl (C=O) groups is 2. The Labute approximate surface area is 221 Å². The van der Waals surface area contributed by atoms with Gasteiger partial charge < -0.3 is 15.0 Å². The van der Waals surface area contributed by atoms with Crippen molar-refractivity contribution in [2.75, 3.05) is 25.5 Å². The predicted molar refractivity (Wildman–Crippen MR) is 146 cm³/mol. The van der Waals surface area contributed by atoms with E-state index in [0.717, 1.165) is 5.56 Å². The number of halogens is 1. The summed E-state index contributed by atoms with van der Waals surface area (Å²) in [6.45, 7) is 4.27. The maximum absolute atomic E-state index is 13.4. The highest BCUT2D eigenvalue weighted by molar-refractivity contribution is 6.32. The van der Waals surface area contributed by atoms with Gasteiger partial charge in [0.25, 0.3) is 5.91 Å². The normalized spacial score (nSPS) is 10.8. The highest BCUT2D eigenvalue weighted by Gasteiger charge is 2.24. The van der Waals surface area contributed by atoms with Gasteiger partial charge in [-0.3, -0.25) is 9.59 Å². The van der Waals surface area contributed by atoms with Crippen LogP contribution in [0, 0.1) is 5.92 Å². The van der Waals surface area contributed by atoms with Crippen LogP contribution in [0.15, 0.2) is 84.9 Å². The molecule has 0 fully saturated rings. The zero-order valence-electron chi connectivity index (χ0n) is 21.0. The van der Waals surface area contributed by atoms with Gasteiger partial charge in [0.1, 0.15) is 18.1 Å². The SMILES string of the molecule is COc1ccccc1C(=O)N(CC(=O)Nc1cc(-c2ccccc2)nn1-c1ccccc1Cl)CC(C)C. The summed E-state index contributed by atoms with van der Waals surface area (Å²) in [6, 6.07) is 25.8. The van der Waals surface area contributed by atoms with E-state index in [1.54, 1.807) is 41.1 Å². The van der Waals surface area contributed by atoms with E-state index in [2.05, 4.69) is 5.32 Å². The minimum absolute atomic E-state index is 0.135. The summed E-state index contributed by atoms with van der Waals surface area (Å²) in [5.74, 6) is 0.449. The minimum atomic E-state index is -0.350. The molecule has 190 valence electrons. The van der Waals surface area contributed by atoms with Crippen LogP contribution in [-0.2, 0) is 4.79 Å². The van der Waals surface area contributed by atoms with Crippen molar-refractivity contribution in [3.05, 3.63) is 95.5 Å². The second kappa shape index (κ2) is 11.8. The van der Waals surface area contributed by atoms with E-state index in [1.807, 2.05) is 62.4 Å². The number of ether oxygens (including phenoxy) is 1. The average molecular weight is 517 g/mol. The zero-order chi connectivity index (χ0) is 26.4. The summed E-state index contributed by atoms with van der Waals surface area (Å²) in [4.78, 5) is 28.2. The number of rotatable bonds is 9. The number of hydrogen-bond donors (Lipinski definition) is 1. The van der Waals surface area contributed by atoms with Gasteiger partial charge in [-0.05, 0) is 30.2 Å². The van der Waals surface area contributed by atoms with Crippen LogP contribution in [0.3, 0.4) is 0 Å². The van der Waals surface area contributed by atoms with Crippen molar-refractivity contribution in [1.29, 1.82) is 0 Å². The van der Waals surface area contributed by atoms with Crippen LogP contribution < -0.4 is 10.1 Å². The second-order valence-corrected chi connectivity index (χ2v) is 9.38. The fourth-order valence-corrected chi connectivity index (χ4v) is 4.25. The number of methoxy groups -OCH3 is 1. The van der Waals surface area contributed by atoms with Gasteiger partial charge in [0.15, 0.2) is 0 Å². The number of para-hydroxylation sites is 2. The van der Waals surface area contributed by atoms with Gasteiger partial charge in [-0.1, -0.05) is 80.0 Å². The Morgan fingerprint density at radius 2 is 1.68 bits per heavy atom. The number of hydrogen-bond acceptors (Lipinski definition) is 4. The standard InChI is InChI=1S/C29H29ClN4O3/c1-20(2)18-33(29(36)22-13-7-10-16-26(22)37-3)19-28(35)31-27-17-24(21-11-5-4-6-12-21)32-34(27)25-15-9-8-14-23(25)30/h4-17,20H,18-19H2,1-3H3,(H,31,35). The summed E-state index contributed by atoms with van der Waals surface area (Å²) in [7, 11) is 1.52. The molecule has 1 N–H and O–H groups in total. The number of benzene rings is 3. The molecule has 0 unspecified atom stereocenters. The molecule has 0 aliphatic heterocycles. The van der Waals surface area contributed by atoms with E-state index in [4.69, 9.17) is 21.4 Å². The molecule has 8 heteroatoms. The zero-order valence-corrected chi connectivity index (χ0v) is 21.8. The monoisotopic (exact) mass is 516 g/mol. The van der Waals surface area contributed by atoms with E-state index in [9.17, 15) is 9.59 Å². The molecule has 1 heterocycles. The molecule has 3 aromatic carbocycles. The van der Waals surface area contributed by atoms with Gasteiger partial charge >= 0.3 is 0 Å². The number of anilines is 1.